The number of rotatable bonds is 9. The zero-order chi connectivity index (χ0) is 14.0. The number of ether oxygens (including phenoxy) is 1. The molecule has 1 N–H and O–H groups in total. The molecule has 0 aliphatic carbocycles. The Morgan fingerprint density at radius 1 is 1.20 bits per heavy atom. The molecule has 20 heavy (non-hydrogen) atoms. The summed E-state index contributed by atoms with van der Waals surface area (Å²) >= 11 is 0. The number of hydrogen-bond donors (Lipinski definition) is 1. The average Bonchev–Trinajstić information content (AvgIpc) is 2.92. The SMILES string of the molecule is COCCCNc1nccn1CCCc1ccccc1. The predicted octanol–water partition coefficient (Wildman–Crippen LogP) is 2.96. The first-order chi connectivity index (χ1) is 9.90. The van der Waals surface area contributed by atoms with Gasteiger partial charge in [0, 0.05) is 39.2 Å². The van der Waals surface area contributed by atoms with E-state index in [0.717, 1.165) is 44.9 Å². The van der Waals surface area contributed by atoms with E-state index in [1.807, 2.05) is 12.4 Å². The average molecular weight is 273 g/mol. The number of nitrogens with zero attached hydrogens (tertiary/aromatic N) is 2. The lowest BCUT2D eigenvalue weighted by molar-refractivity contribution is 0.197. The third-order valence-corrected chi connectivity index (χ3v) is 3.23. The molecule has 1 heterocycles. The normalized spacial score (nSPS) is 10.7. The van der Waals surface area contributed by atoms with E-state index in [9.17, 15) is 0 Å². The minimum Gasteiger partial charge on any atom is -0.385 e. The summed E-state index contributed by atoms with van der Waals surface area (Å²) in [5, 5.41) is 3.35. The van der Waals surface area contributed by atoms with E-state index in [2.05, 4.69) is 45.2 Å². The Morgan fingerprint density at radius 2 is 2.05 bits per heavy atom. The minimum atomic E-state index is 0.779. The molecular weight excluding hydrogens is 250 g/mol. The zero-order valence-electron chi connectivity index (χ0n) is 12.1. The molecule has 0 saturated carbocycles. The Kier molecular flexibility index (Phi) is 6.11. The first-order valence-electron chi connectivity index (χ1n) is 7.18. The molecule has 0 unspecified atom stereocenters. The third-order valence-electron chi connectivity index (χ3n) is 3.23. The van der Waals surface area contributed by atoms with Crippen LogP contribution in [0.5, 0.6) is 0 Å². The second-order valence-corrected chi connectivity index (χ2v) is 4.81. The van der Waals surface area contributed by atoms with E-state index in [1.165, 1.54) is 5.56 Å². The highest BCUT2D eigenvalue weighted by Gasteiger charge is 2.01. The van der Waals surface area contributed by atoms with Crippen molar-refractivity contribution in [3.05, 3.63) is 48.3 Å². The molecule has 0 atom stereocenters. The van der Waals surface area contributed by atoms with Crippen LogP contribution in [0.4, 0.5) is 5.95 Å². The van der Waals surface area contributed by atoms with Gasteiger partial charge in [0.2, 0.25) is 5.95 Å². The molecule has 108 valence electrons. The van der Waals surface area contributed by atoms with Crippen LogP contribution < -0.4 is 5.32 Å². The van der Waals surface area contributed by atoms with E-state index in [1.54, 1.807) is 7.11 Å². The van der Waals surface area contributed by atoms with E-state index >= 15 is 0 Å². The maximum atomic E-state index is 5.04. The van der Waals surface area contributed by atoms with Crippen molar-refractivity contribution < 1.29 is 4.74 Å². The zero-order valence-corrected chi connectivity index (χ0v) is 12.1. The molecule has 2 aromatic rings. The number of aromatic nitrogens is 2. The largest absolute Gasteiger partial charge is 0.385 e. The molecule has 4 heteroatoms. The van der Waals surface area contributed by atoms with Gasteiger partial charge in [0.25, 0.3) is 0 Å². The van der Waals surface area contributed by atoms with Gasteiger partial charge in [0.05, 0.1) is 0 Å². The van der Waals surface area contributed by atoms with Crippen LogP contribution >= 0.6 is 0 Å². The van der Waals surface area contributed by atoms with Crippen LogP contribution in [0.1, 0.15) is 18.4 Å². The molecule has 1 aromatic heterocycles. The highest BCUT2D eigenvalue weighted by atomic mass is 16.5. The van der Waals surface area contributed by atoms with Crippen molar-refractivity contribution in [2.24, 2.45) is 0 Å². The van der Waals surface area contributed by atoms with Crippen LogP contribution in [-0.2, 0) is 17.7 Å². The van der Waals surface area contributed by atoms with Crippen molar-refractivity contribution in [1.82, 2.24) is 9.55 Å². The maximum Gasteiger partial charge on any atom is 0.202 e. The summed E-state index contributed by atoms with van der Waals surface area (Å²) in [6, 6.07) is 10.6. The number of aryl methyl sites for hydroxylation is 2. The van der Waals surface area contributed by atoms with Crippen LogP contribution in [0.25, 0.3) is 0 Å². The fourth-order valence-corrected chi connectivity index (χ4v) is 2.17. The number of nitrogens with one attached hydrogen (secondary N) is 1. The first-order valence-corrected chi connectivity index (χ1v) is 7.18. The van der Waals surface area contributed by atoms with E-state index < -0.39 is 0 Å². The van der Waals surface area contributed by atoms with Gasteiger partial charge in [0.15, 0.2) is 0 Å². The summed E-state index contributed by atoms with van der Waals surface area (Å²) in [6.45, 7) is 2.66. The quantitative estimate of drug-likeness (QED) is 0.714. The Hall–Kier alpha value is -1.81. The Balaban J connectivity index is 1.74. The maximum absolute atomic E-state index is 5.04. The first kappa shape index (κ1) is 14.6. The Bertz CT molecular complexity index is 481. The monoisotopic (exact) mass is 273 g/mol. The van der Waals surface area contributed by atoms with Crippen molar-refractivity contribution in [2.75, 3.05) is 25.6 Å². The second-order valence-electron chi connectivity index (χ2n) is 4.81. The number of methoxy groups -OCH3 is 1. The van der Waals surface area contributed by atoms with E-state index in [4.69, 9.17) is 4.74 Å². The summed E-state index contributed by atoms with van der Waals surface area (Å²) in [5.41, 5.74) is 1.39. The number of anilines is 1. The molecule has 0 bridgehead atoms. The lowest BCUT2D eigenvalue weighted by Crippen LogP contribution is -2.10. The molecule has 0 fully saturated rings. The van der Waals surface area contributed by atoms with Gasteiger partial charge in [-0.2, -0.15) is 0 Å². The molecule has 0 spiro atoms. The van der Waals surface area contributed by atoms with Gasteiger partial charge in [-0.25, -0.2) is 4.98 Å². The third kappa shape index (κ3) is 4.70. The minimum absolute atomic E-state index is 0.779. The molecule has 0 radical (unpaired) electrons. The van der Waals surface area contributed by atoms with E-state index in [-0.39, 0.29) is 0 Å². The van der Waals surface area contributed by atoms with Crippen molar-refractivity contribution in [3.8, 4) is 0 Å². The molecule has 4 nitrogen and oxygen atoms in total. The van der Waals surface area contributed by atoms with Crippen LogP contribution in [0.15, 0.2) is 42.7 Å². The van der Waals surface area contributed by atoms with Gasteiger partial charge in [-0.05, 0) is 24.8 Å². The molecule has 0 amide bonds. The van der Waals surface area contributed by atoms with Gasteiger partial charge >= 0.3 is 0 Å². The van der Waals surface area contributed by atoms with Gasteiger partial charge in [-0.1, -0.05) is 30.3 Å². The van der Waals surface area contributed by atoms with Crippen LogP contribution in [0, 0.1) is 0 Å². The summed E-state index contributed by atoms with van der Waals surface area (Å²) in [5.74, 6) is 0.953. The van der Waals surface area contributed by atoms with Crippen molar-refractivity contribution >= 4 is 5.95 Å². The Morgan fingerprint density at radius 3 is 2.85 bits per heavy atom. The second kappa shape index (κ2) is 8.38. The van der Waals surface area contributed by atoms with Gasteiger partial charge in [0.1, 0.15) is 0 Å². The van der Waals surface area contributed by atoms with Crippen molar-refractivity contribution in [2.45, 2.75) is 25.8 Å². The molecule has 1 aromatic carbocycles. The highest BCUT2D eigenvalue weighted by molar-refractivity contribution is 5.25. The van der Waals surface area contributed by atoms with Crippen LogP contribution in [0.3, 0.4) is 0 Å². The van der Waals surface area contributed by atoms with Gasteiger partial charge in [-0.15, -0.1) is 0 Å². The fourth-order valence-electron chi connectivity index (χ4n) is 2.17. The summed E-state index contributed by atoms with van der Waals surface area (Å²) in [4.78, 5) is 4.35. The lowest BCUT2D eigenvalue weighted by Gasteiger charge is -2.09. The molecular formula is C16H23N3O. The molecule has 0 aliphatic heterocycles. The molecule has 2 rings (SSSR count). The van der Waals surface area contributed by atoms with Gasteiger partial charge < -0.3 is 14.6 Å². The lowest BCUT2D eigenvalue weighted by atomic mass is 10.1. The number of hydrogen-bond acceptors (Lipinski definition) is 3. The van der Waals surface area contributed by atoms with Crippen molar-refractivity contribution in [3.63, 3.8) is 0 Å². The number of imidazole rings is 1. The smallest absolute Gasteiger partial charge is 0.202 e. The highest BCUT2D eigenvalue weighted by Crippen LogP contribution is 2.08. The topological polar surface area (TPSA) is 39.1 Å². The predicted molar refractivity (Wildman–Crippen MR) is 82.0 cm³/mol. The summed E-state index contributed by atoms with van der Waals surface area (Å²) < 4.78 is 7.21. The molecule has 0 aliphatic rings. The summed E-state index contributed by atoms with van der Waals surface area (Å²) in [7, 11) is 1.73. The van der Waals surface area contributed by atoms with E-state index in [0.29, 0.717) is 0 Å². The van der Waals surface area contributed by atoms with Gasteiger partial charge in [-0.3, -0.25) is 0 Å². The van der Waals surface area contributed by atoms with Crippen molar-refractivity contribution in [1.29, 1.82) is 0 Å². The Labute approximate surface area is 120 Å². The fraction of sp³-hybridized carbons (Fsp3) is 0.438. The molecule has 0 saturated heterocycles. The standard InChI is InChI=1S/C16H23N3O/c1-20-14-6-10-17-16-18-11-13-19(16)12-5-9-15-7-3-2-4-8-15/h2-4,7-8,11,13H,5-6,9-10,12,14H2,1H3,(H,17,18). The van der Waals surface area contributed by atoms with Crippen LogP contribution in [0.2, 0.25) is 0 Å². The van der Waals surface area contributed by atoms with Crippen LogP contribution in [-0.4, -0.2) is 29.8 Å². The summed E-state index contributed by atoms with van der Waals surface area (Å²) in [6.07, 6.45) is 7.09. The number of benzene rings is 1.